The largest absolute Gasteiger partial charge is 0.370 e. The van der Waals surface area contributed by atoms with Crippen LogP contribution in [0.15, 0.2) is 94.8 Å². The van der Waals surface area contributed by atoms with E-state index in [0.717, 1.165) is 22.2 Å². The zero-order chi connectivity index (χ0) is 25.3. The summed E-state index contributed by atoms with van der Waals surface area (Å²) in [5, 5.41) is 18.2. The van der Waals surface area contributed by atoms with Crippen molar-refractivity contribution in [1.29, 1.82) is 0 Å². The number of para-hydroxylation sites is 1. The lowest BCUT2D eigenvalue weighted by atomic mass is 10.1. The highest BCUT2D eigenvalue weighted by molar-refractivity contribution is 7.89. The molecule has 8 nitrogen and oxygen atoms in total. The van der Waals surface area contributed by atoms with Crippen LogP contribution in [-0.2, 0) is 21.4 Å². The van der Waals surface area contributed by atoms with Crippen LogP contribution in [0.25, 0.3) is 10.9 Å². The Morgan fingerprint density at radius 1 is 1.00 bits per heavy atom. The van der Waals surface area contributed by atoms with Crippen LogP contribution in [0.4, 0.5) is 5.69 Å². The molecule has 10 heteroatoms. The van der Waals surface area contributed by atoms with Gasteiger partial charge in [-0.25, -0.2) is 18.5 Å². The Bertz CT molecular complexity index is 1540. The Labute approximate surface area is 213 Å². The van der Waals surface area contributed by atoms with Crippen molar-refractivity contribution in [3.05, 3.63) is 101 Å². The number of primary sulfonamides is 1. The van der Waals surface area contributed by atoms with Gasteiger partial charge in [0.25, 0.3) is 0 Å². The molecule has 1 aliphatic heterocycles. The summed E-state index contributed by atoms with van der Waals surface area (Å²) in [6, 6.07) is 24.9. The lowest BCUT2D eigenvalue weighted by Crippen LogP contribution is -2.39. The molecule has 0 saturated heterocycles. The van der Waals surface area contributed by atoms with Crippen molar-refractivity contribution in [2.45, 2.75) is 17.2 Å². The van der Waals surface area contributed by atoms with E-state index in [1.807, 2.05) is 36.4 Å². The van der Waals surface area contributed by atoms with Gasteiger partial charge in [-0.2, -0.15) is 0 Å². The van der Waals surface area contributed by atoms with Crippen LogP contribution < -0.4 is 10.0 Å². The molecule has 0 amide bonds. The van der Waals surface area contributed by atoms with Crippen molar-refractivity contribution in [3.63, 3.8) is 0 Å². The summed E-state index contributed by atoms with van der Waals surface area (Å²) in [4.78, 5) is 11.0. The Hall–Kier alpha value is -3.34. The first-order chi connectivity index (χ1) is 17.2. The fraction of sp³-hybridized carbons (Fsp3) is 0.154. The number of nitrogens with two attached hydrogens (primary N) is 1. The van der Waals surface area contributed by atoms with Crippen LogP contribution in [0.1, 0.15) is 11.3 Å². The van der Waals surface area contributed by atoms with Gasteiger partial charge >= 0.3 is 0 Å². The SMILES string of the molecule is NS(=O)(=O)c1ccc(N2CC(O)(COCc3ccc4ccccc4n3)N=C2c2ccc(Cl)cc2)cc1. The lowest BCUT2D eigenvalue weighted by molar-refractivity contribution is -0.0351. The number of halogens is 1. The van der Waals surface area contributed by atoms with E-state index in [2.05, 4.69) is 9.98 Å². The normalized spacial score (nSPS) is 18.0. The molecule has 2 heterocycles. The third-order valence-corrected chi connectivity index (χ3v) is 6.98. The molecular formula is C26H23ClN4O4S. The van der Waals surface area contributed by atoms with Crippen molar-refractivity contribution in [2.75, 3.05) is 18.1 Å². The lowest BCUT2D eigenvalue weighted by Gasteiger charge is -2.24. The van der Waals surface area contributed by atoms with Crippen LogP contribution in [0.5, 0.6) is 0 Å². The van der Waals surface area contributed by atoms with Gasteiger partial charge in [-0.1, -0.05) is 35.9 Å². The molecule has 1 unspecified atom stereocenters. The topological polar surface area (TPSA) is 118 Å². The van der Waals surface area contributed by atoms with E-state index in [0.29, 0.717) is 16.5 Å². The molecule has 1 atom stereocenters. The van der Waals surface area contributed by atoms with Crippen molar-refractivity contribution in [2.24, 2.45) is 10.1 Å². The molecular weight excluding hydrogens is 500 g/mol. The molecule has 1 aliphatic rings. The Morgan fingerprint density at radius 2 is 1.72 bits per heavy atom. The number of β-amino-alcohol motifs (C(OH)–C–C–N with tert-alkyl or cyclic N) is 1. The number of nitrogens with zero attached hydrogens (tertiary/aromatic N) is 3. The maximum atomic E-state index is 11.7. The van der Waals surface area contributed by atoms with Crippen LogP contribution >= 0.6 is 11.6 Å². The van der Waals surface area contributed by atoms with Gasteiger partial charge in [-0.15, -0.1) is 0 Å². The van der Waals surface area contributed by atoms with Crippen LogP contribution in [0, 0.1) is 0 Å². The standard InChI is InChI=1S/C26H23ClN4O4S/c27-20-8-5-19(6-9-20)25-30-26(32,16-31(25)22-11-13-23(14-12-22)36(28,33)34)17-35-15-21-10-7-18-3-1-2-4-24(18)29-21/h1-14,32H,15-17H2,(H2,28,33,34). The zero-order valence-corrected chi connectivity index (χ0v) is 20.7. The summed E-state index contributed by atoms with van der Waals surface area (Å²) in [7, 11) is -3.83. The number of anilines is 1. The van der Waals surface area contributed by atoms with Gasteiger partial charge < -0.3 is 14.7 Å². The minimum absolute atomic E-state index is 0.00286. The Morgan fingerprint density at radius 3 is 2.44 bits per heavy atom. The number of pyridine rings is 1. The minimum atomic E-state index is -3.83. The molecule has 3 aromatic carbocycles. The number of aliphatic hydroxyl groups is 1. The number of benzene rings is 3. The molecule has 36 heavy (non-hydrogen) atoms. The zero-order valence-electron chi connectivity index (χ0n) is 19.1. The van der Waals surface area contributed by atoms with Gasteiger partial charge in [-0.3, -0.25) is 4.98 Å². The smallest absolute Gasteiger partial charge is 0.238 e. The summed E-state index contributed by atoms with van der Waals surface area (Å²) in [6.07, 6.45) is 0. The first kappa shape index (κ1) is 24.4. The van der Waals surface area contributed by atoms with Crippen molar-refractivity contribution >= 4 is 44.1 Å². The first-order valence-electron chi connectivity index (χ1n) is 11.1. The second-order valence-corrected chi connectivity index (χ2v) is 10.5. The van der Waals surface area contributed by atoms with Crippen LogP contribution in [0.2, 0.25) is 5.02 Å². The van der Waals surface area contributed by atoms with Gasteiger partial charge in [0, 0.05) is 21.7 Å². The van der Waals surface area contributed by atoms with Gasteiger partial charge in [0.1, 0.15) is 5.84 Å². The summed E-state index contributed by atoms with van der Waals surface area (Å²) in [5.74, 6) is 0.505. The third-order valence-electron chi connectivity index (χ3n) is 5.80. The predicted octanol–water partition coefficient (Wildman–Crippen LogP) is 3.71. The van der Waals surface area contributed by atoms with Crippen LogP contribution in [-0.4, -0.2) is 43.2 Å². The molecule has 0 bridgehead atoms. The summed E-state index contributed by atoms with van der Waals surface area (Å²) < 4.78 is 29.2. The van der Waals surface area contributed by atoms with Gasteiger partial charge in [0.2, 0.25) is 10.0 Å². The summed E-state index contributed by atoms with van der Waals surface area (Å²) in [5.41, 5.74) is 1.46. The molecule has 184 valence electrons. The molecule has 1 aromatic heterocycles. The predicted molar refractivity (Wildman–Crippen MR) is 139 cm³/mol. The summed E-state index contributed by atoms with van der Waals surface area (Å²) in [6.45, 7) is 0.247. The van der Waals surface area contributed by atoms with E-state index >= 15 is 0 Å². The van der Waals surface area contributed by atoms with E-state index in [1.54, 1.807) is 41.3 Å². The maximum Gasteiger partial charge on any atom is 0.238 e. The second kappa shape index (κ2) is 9.61. The van der Waals surface area contributed by atoms with Crippen LogP contribution in [0.3, 0.4) is 0 Å². The highest BCUT2D eigenvalue weighted by Gasteiger charge is 2.39. The molecule has 0 aliphatic carbocycles. The average molecular weight is 523 g/mol. The molecule has 0 saturated carbocycles. The molecule has 3 N–H and O–H groups in total. The van der Waals surface area contributed by atoms with Gasteiger partial charge in [0.15, 0.2) is 5.72 Å². The average Bonchev–Trinajstić information content (AvgIpc) is 3.21. The highest BCUT2D eigenvalue weighted by atomic mass is 35.5. The number of aliphatic imine (C=N–C) groups is 1. The molecule has 0 radical (unpaired) electrons. The first-order valence-corrected chi connectivity index (χ1v) is 13.0. The van der Waals surface area contributed by atoms with Crippen molar-refractivity contribution < 1.29 is 18.3 Å². The Balaban J connectivity index is 1.38. The third kappa shape index (κ3) is 5.25. The number of hydrogen-bond donors (Lipinski definition) is 2. The quantitative estimate of drug-likeness (QED) is 0.382. The number of aromatic nitrogens is 1. The number of fused-ring (bicyclic) bond motifs is 1. The second-order valence-electron chi connectivity index (χ2n) is 8.54. The number of ether oxygens (including phenoxy) is 1. The highest BCUT2D eigenvalue weighted by Crippen LogP contribution is 2.30. The monoisotopic (exact) mass is 522 g/mol. The fourth-order valence-corrected chi connectivity index (χ4v) is 4.70. The van der Waals surface area contributed by atoms with Crippen molar-refractivity contribution in [3.8, 4) is 0 Å². The maximum absolute atomic E-state index is 11.7. The van der Waals surface area contributed by atoms with E-state index in [1.165, 1.54) is 12.1 Å². The minimum Gasteiger partial charge on any atom is -0.370 e. The van der Waals surface area contributed by atoms with E-state index in [-0.39, 0.29) is 24.7 Å². The van der Waals surface area contributed by atoms with Gasteiger partial charge in [-0.05, 0) is 60.7 Å². The number of amidine groups is 1. The molecule has 4 aromatic rings. The van der Waals surface area contributed by atoms with Gasteiger partial charge in [0.05, 0.1) is 35.9 Å². The van der Waals surface area contributed by atoms with E-state index in [4.69, 9.17) is 21.5 Å². The fourth-order valence-electron chi connectivity index (χ4n) is 4.06. The number of rotatable bonds is 7. The molecule has 5 rings (SSSR count). The number of sulfonamides is 1. The molecule has 0 fully saturated rings. The Kier molecular flexibility index (Phi) is 6.50. The van der Waals surface area contributed by atoms with E-state index < -0.39 is 15.7 Å². The number of hydrogen-bond acceptors (Lipinski definition) is 7. The van der Waals surface area contributed by atoms with E-state index in [9.17, 15) is 13.5 Å². The van der Waals surface area contributed by atoms with Crippen molar-refractivity contribution in [1.82, 2.24) is 4.98 Å². The molecule has 0 spiro atoms. The summed E-state index contributed by atoms with van der Waals surface area (Å²) >= 11 is 6.05.